The number of sulfonamides is 1. The molecule has 0 saturated heterocycles. The van der Waals surface area contributed by atoms with Crippen LogP contribution < -0.4 is 10.0 Å². The Hall–Kier alpha value is -1.28. The van der Waals surface area contributed by atoms with Crippen molar-refractivity contribution in [2.24, 2.45) is 0 Å². The minimum absolute atomic E-state index is 0.00817. The van der Waals surface area contributed by atoms with Gasteiger partial charge in [0.05, 0.1) is 11.3 Å². The molecule has 1 aromatic carbocycles. The Bertz CT molecular complexity index is 655. The maximum absolute atomic E-state index is 12.1. The molecule has 0 saturated carbocycles. The first-order valence-corrected chi connectivity index (χ1v) is 9.25. The largest absolute Gasteiger partial charge is 0.313 e. The van der Waals surface area contributed by atoms with Gasteiger partial charge in [-0.25, -0.2) is 13.1 Å². The molecule has 0 radical (unpaired) electrons. The van der Waals surface area contributed by atoms with Crippen molar-refractivity contribution in [3.63, 3.8) is 0 Å². The van der Waals surface area contributed by atoms with E-state index >= 15 is 0 Å². The molecule has 5 nitrogen and oxygen atoms in total. The summed E-state index contributed by atoms with van der Waals surface area (Å²) in [4.78, 5) is 4.83. The number of nitrogens with zero attached hydrogens (tertiary/aromatic N) is 1. The van der Waals surface area contributed by atoms with Gasteiger partial charge in [0, 0.05) is 24.2 Å². The molecule has 7 heteroatoms. The fraction of sp³-hybridized carbons (Fsp3) is 0.357. The molecule has 2 rings (SSSR count). The van der Waals surface area contributed by atoms with Crippen molar-refractivity contribution in [3.8, 4) is 0 Å². The van der Waals surface area contributed by atoms with Gasteiger partial charge < -0.3 is 5.32 Å². The van der Waals surface area contributed by atoms with Crippen molar-refractivity contribution in [2.45, 2.75) is 25.8 Å². The van der Waals surface area contributed by atoms with Gasteiger partial charge in [-0.15, -0.1) is 11.3 Å². The Balaban J connectivity index is 1.95. The van der Waals surface area contributed by atoms with Gasteiger partial charge in [0.15, 0.2) is 0 Å². The highest BCUT2D eigenvalue weighted by molar-refractivity contribution is 7.88. The Morgan fingerprint density at radius 1 is 1.24 bits per heavy atom. The van der Waals surface area contributed by atoms with Crippen LogP contribution in [0.1, 0.15) is 22.9 Å². The third kappa shape index (κ3) is 5.55. The summed E-state index contributed by atoms with van der Waals surface area (Å²) >= 11 is 1.44. The van der Waals surface area contributed by atoms with E-state index in [-0.39, 0.29) is 5.75 Å². The van der Waals surface area contributed by atoms with Crippen LogP contribution in [0.3, 0.4) is 0 Å². The van der Waals surface area contributed by atoms with Crippen LogP contribution in [0, 0.1) is 0 Å². The van der Waals surface area contributed by atoms with Crippen LogP contribution >= 0.6 is 11.3 Å². The van der Waals surface area contributed by atoms with E-state index in [9.17, 15) is 8.42 Å². The molecule has 0 spiro atoms. The molecule has 0 aliphatic carbocycles. The Kier molecular flexibility index (Phi) is 5.86. The molecule has 0 amide bonds. The summed E-state index contributed by atoms with van der Waals surface area (Å²) in [5.74, 6) is -0.00817. The third-order valence-electron chi connectivity index (χ3n) is 2.88. The molecule has 0 unspecified atom stereocenters. The average Bonchev–Trinajstić information content (AvgIpc) is 2.96. The maximum Gasteiger partial charge on any atom is 0.216 e. The fourth-order valence-electron chi connectivity index (χ4n) is 1.88. The van der Waals surface area contributed by atoms with Gasteiger partial charge in [-0.2, -0.15) is 0 Å². The average molecular weight is 325 g/mol. The van der Waals surface area contributed by atoms with Gasteiger partial charge in [-0.1, -0.05) is 31.2 Å². The molecule has 2 aromatic rings. The molecule has 21 heavy (non-hydrogen) atoms. The highest BCUT2D eigenvalue weighted by Crippen LogP contribution is 2.10. The Morgan fingerprint density at radius 3 is 2.76 bits per heavy atom. The summed E-state index contributed by atoms with van der Waals surface area (Å²) in [6.07, 6.45) is 1.67. The van der Waals surface area contributed by atoms with Gasteiger partial charge in [0.25, 0.3) is 0 Å². The van der Waals surface area contributed by atoms with E-state index < -0.39 is 10.0 Å². The predicted octanol–water partition coefficient (Wildman–Crippen LogP) is 1.87. The zero-order chi connectivity index (χ0) is 15.1. The summed E-state index contributed by atoms with van der Waals surface area (Å²) < 4.78 is 26.8. The first-order chi connectivity index (χ1) is 10.1. The molecular weight excluding hydrogens is 306 g/mol. The second kappa shape index (κ2) is 7.65. The lowest BCUT2D eigenvalue weighted by atomic mass is 10.1. The summed E-state index contributed by atoms with van der Waals surface area (Å²) in [5, 5.41) is 3.23. The summed E-state index contributed by atoms with van der Waals surface area (Å²) in [5.41, 5.74) is 3.57. The van der Waals surface area contributed by atoms with Gasteiger partial charge >= 0.3 is 0 Å². The topological polar surface area (TPSA) is 71.1 Å². The maximum atomic E-state index is 12.1. The monoisotopic (exact) mass is 325 g/mol. The van der Waals surface area contributed by atoms with Gasteiger partial charge in [-0.3, -0.25) is 4.98 Å². The second-order valence-electron chi connectivity index (χ2n) is 4.65. The molecule has 114 valence electrons. The number of hydrogen-bond acceptors (Lipinski definition) is 5. The molecule has 0 aliphatic rings. The Morgan fingerprint density at radius 2 is 2.05 bits per heavy atom. The SMILES string of the molecule is CCNCc1cccc(CS(=O)(=O)NCc2cncs2)c1. The lowest BCUT2D eigenvalue weighted by molar-refractivity contribution is 0.581. The van der Waals surface area contributed by atoms with Crippen LogP contribution in [0.25, 0.3) is 0 Å². The van der Waals surface area contributed by atoms with Crippen LogP contribution in [-0.2, 0) is 28.9 Å². The first kappa shape index (κ1) is 16.1. The fourth-order valence-corrected chi connectivity index (χ4v) is 3.60. The zero-order valence-corrected chi connectivity index (χ0v) is 13.5. The molecule has 0 aliphatic heterocycles. The van der Waals surface area contributed by atoms with E-state index in [2.05, 4.69) is 15.0 Å². The van der Waals surface area contributed by atoms with Gasteiger partial charge in [-0.05, 0) is 17.7 Å². The van der Waals surface area contributed by atoms with Crippen LogP contribution in [0.5, 0.6) is 0 Å². The van der Waals surface area contributed by atoms with Crippen molar-refractivity contribution in [1.82, 2.24) is 15.0 Å². The smallest absolute Gasteiger partial charge is 0.216 e. The highest BCUT2D eigenvalue weighted by atomic mass is 32.2. The van der Waals surface area contributed by atoms with Crippen molar-refractivity contribution < 1.29 is 8.42 Å². The van der Waals surface area contributed by atoms with E-state index in [1.807, 2.05) is 31.2 Å². The predicted molar refractivity (Wildman–Crippen MR) is 85.4 cm³/mol. The van der Waals surface area contributed by atoms with E-state index in [1.165, 1.54) is 11.3 Å². The number of rotatable bonds is 8. The van der Waals surface area contributed by atoms with E-state index in [1.54, 1.807) is 11.7 Å². The van der Waals surface area contributed by atoms with Crippen molar-refractivity contribution in [2.75, 3.05) is 6.54 Å². The van der Waals surface area contributed by atoms with E-state index in [0.717, 1.165) is 29.1 Å². The normalized spacial score (nSPS) is 11.7. The molecule has 1 heterocycles. The number of aromatic nitrogens is 1. The second-order valence-corrected chi connectivity index (χ2v) is 7.43. The summed E-state index contributed by atoms with van der Waals surface area (Å²) in [7, 11) is -3.34. The molecule has 0 atom stereocenters. The number of nitrogens with one attached hydrogen (secondary N) is 2. The first-order valence-electron chi connectivity index (χ1n) is 6.72. The number of benzene rings is 1. The molecule has 0 fully saturated rings. The van der Waals surface area contributed by atoms with Crippen LogP contribution in [0.4, 0.5) is 0 Å². The molecule has 0 bridgehead atoms. The minimum Gasteiger partial charge on any atom is -0.313 e. The summed E-state index contributed by atoms with van der Waals surface area (Å²) in [6, 6.07) is 7.64. The molecule has 1 aromatic heterocycles. The number of hydrogen-bond donors (Lipinski definition) is 2. The molecular formula is C14H19N3O2S2. The van der Waals surface area contributed by atoms with Crippen LogP contribution in [0.15, 0.2) is 36.0 Å². The summed E-state index contributed by atoms with van der Waals surface area (Å²) in [6.45, 7) is 3.97. The van der Waals surface area contributed by atoms with Crippen molar-refractivity contribution >= 4 is 21.4 Å². The standard InChI is InChI=1S/C14H19N3O2S2/c1-2-15-7-12-4-3-5-13(6-12)10-21(18,19)17-9-14-8-16-11-20-14/h3-6,8,11,15,17H,2,7,9-10H2,1H3. The van der Waals surface area contributed by atoms with Crippen LogP contribution in [-0.4, -0.2) is 19.9 Å². The third-order valence-corrected chi connectivity index (χ3v) is 4.95. The lowest BCUT2D eigenvalue weighted by Crippen LogP contribution is -2.24. The minimum atomic E-state index is -3.34. The lowest BCUT2D eigenvalue weighted by Gasteiger charge is -2.08. The quantitative estimate of drug-likeness (QED) is 0.777. The van der Waals surface area contributed by atoms with E-state index in [0.29, 0.717) is 6.54 Å². The van der Waals surface area contributed by atoms with E-state index in [4.69, 9.17) is 0 Å². The highest BCUT2D eigenvalue weighted by Gasteiger charge is 2.12. The Labute approximate surface area is 129 Å². The van der Waals surface area contributed by atoms with Crippen LogP contribution in [0.2, 0.25) is 0 Å². The van der Waals surface area contributed by atoms with Gasteiger partial charge in [0.1, 0.15) is 0 Å². The number of thiazole rings is 1. The van der Waals surface area contributed by atoms with Gasteiger partial charge in [0.2, 0.25) is 10.0 Å². The van der Waals surface area contributed by atoms with Crippen molar-refractivity contribution in [3.05, 3.63) is 52.0 Å². The van der Waals surface area contributed by atoms with Crippen molar-refractivity contribution in [1.29, 1.82) is 0 Å². The molecule has 2 N–H and O–H groups in total. The zero-order valence-electron chi connectivity index (χ0n) is 11.9.